The van der Waals surface area contributed by atoms with Crippen LogP contribution in [0.25, 0.3) is 6.08 Å². The fraction of sp³-hybridized carbons (Fsp3) is 0.542. The van der Waals surface area contributed by atoms with Crippen LogP contribution in [0, 0.1) is 11.3 Å². The molecule has 0 N–H and O–H groups in total. The average molecular weight is 429 g/mol. The summed E-state index contributed by atoms with van der Waals surface area (Å²) in [5.74, 6) is 0.171. The first-order valence-corrected chi connectivity index (χ1v) is 10.6. The molecule has 2 rings (SSSR count). The van der Waals surface area contributed by atoms with E-state index in [-0.39, 0.29) is 12.0 Å². The minimum atomic E-state index is -0.981. The van der Waals surface area contributed by atoms with Gasteiger partial charge in [0.1, 0.15) is 5.54 Å². The predicted molar refractivity (Wildman–Crippen MR) is 118 cm³/mol. The molecular formula is C24H32N2O5. The molecule has 1 atom stereocenters. The van der Waals surface area contributed by atoms with Gasteiger partial charge in [0.15, 0.2) is 17.6 Å². The van der Waals surface area contributed by atoms with E-state index in [0.717, 1.165) is 24.8 Å². The number of hydrogen-bond donors (Lipinski definition) is 0. The zero-order valence-corrected chi connectivity index (χ0v) is 19.0. The lowest BCUT2D eigenvalue weighted by molar-refractivity contribution is -0.157. The normalized spacial score (nSPS) is 16.4. The van der Waals surface area contributed by atoms with Crippen molar-refractivity contribution in [2.24, 2.45) is 0 Å². The summed E-state index contributed by atoms with van der Waals surface area (Å²) in [6.07, 6.45) is 6.05. The Kier molecular flexibility index (Phi) is 8.49. The van der Waals surface area contributed by atoms with Crippen molar-refractivity contribution in [1.82, 2.24) is 4.90 Å². The van der Waals surface area contributed by atoms with Crippen LogP contribution in [0.3, 0.4) is 0 Å². The molecule has 31 heavy (non-hydrogen) atoms. The van der Waals surface area contributed by atoms with Gasteiger partial charge in [0, 0.05) is 13.1 Å². The molecule has 1 fully saturated rings. The van der Waals surface area contributed by atoms with Crippen LogP contribution in [-0.4, -0.2) is 48.7 Å². The number of esters is 1. The van der Waals surface area contributed by atoms with E-state index >= 15 is 0 Å². The maximum absolute atomic E-state index is 12.8. The van der Waals surface area contributed by atoms with Crippen molar-refractivity contribution in [3.63, 3.8) is 0 Å². The number of rotatable bonds is 8. The molecule has 0 heterocycles. The van der Waals surface area contributed by atoms with Gasteiger partial charge >= 0.3 is 5.97 Å². The van der Waals surface area contributed by atoms with Crippen LogP contribution in [0.2, 0.25) is 0 Å². The number of carbonyl (C=O) groups excluding carboxylic acids is 2. The van der Waals surface area contributed by atoms with Crippen molar-refractivity contribution >= 4 is 18.0 Å². The highest BCUT2D eigenvalue weighted by atomic mass is 16.5. The maximum Gasteiger partial charge on any atom is 0.331 e. The summed E-state index contributed by atoms with van der Waals surface area (Å²) in [6.45, 7) is 5.38. The summed E-state index contributed by atoms with van der Waals surface area (Å²) >= 11 is 0. The molecule has 7 heteroatoms. The molecule has 0 aromatic heterocycles. The number of carbonyl (C=O) groups is 2. The Morgan fingerprint density at radius 2 is 1.84 bits per heavy atom. The first-order chi connectivity index (χ1) is 14.7. The summed E-state index contributed by atoms with van der Waals surface area (Å²) < 4.78 is 16.3. The first-order valence-electron chi connectivity index (χ1n) is 10.6. The van der Waals surface area contributed by atoms with Crippen LogP contribution in [-0.2, 0) is 14.3 Å². The van der Waals surface area contributed by atoms with E-state index in [4.69, 9.17) is 14.2 Å². The minimum absolute atomic E-state index is 0.0104. The molecule has 1 aromatic rings. The van der Waals surface area contributed by atoms with E-state index in [9.17, 15) is 14.9 Å². The lowest BCUT2D eigenvalue weighted by Gasteiger charge is -2.39. The monoisotopic (exact) mass is 428 g/mol. The van der Waals surface area contributed by atoms with E-state index in [0.29, 0.717) is 24.3 Å². The van der Waals surface area contributed by atoms with Crippen molar-refractivity contribution in [1.29, 1.82) is 5.26 Å². The zero-order valence-electron chi connectivity index (χ0n) is 19.0. The quantitative estimate of drug-likeness (QED) is 0.457. The van der Waals surface area contributed by atoms with Gasteiger partial charge in [-0.1, -0.05) is 25.3 Å². The van der Waals surface area contributed by atoms with Crippen molar-refractivity contribution in [2.45, 2.75) is 70.6 Å². The van der Waals surface area contributed by atoms with Crippen molar-refractivity contribution in [3.05, 3.63) is 29.8 Å². The smallest absolute Gasteiger partial charge is 0.331 e. The van der Waals surface area contributed by atoms with Crippen molar-refractivity contribution in [3.8, 4) is 17.6 Å². The third-order valence-electron chi connectivity index (χ3n) is 5.46. The molecule has 168 valence electrons. The molecule has 1 saturated carbocycles. The summed E-state index contributed by atoms with van der Waals surface area (Å²) in [5.41, 5.74) is -0.0889. The Labute approximate surface area is 184 Å². The number of methoxy groups -OCH3 is 1. The first kappa shape index (κ1) is 24.3. The number of ether oxygens (including phenoxy) is 3. The third kappa shape index (κ3) is 6.24. The molecule has 1 aliphatic rings. The summed E-state index contributed by atoms with van der Waals surface area (Å²) in [6, 6.07) is 7.63. The number of likely N-dealkylation sites (N-methyl/N-ethyl adjacent to an activating group) is 1. The molecule has 0 bridgehead atoms. The zero-order chi connectivity index (χ0) is 23.0. The molecule has 0 unspecified atom stereocenters. The Hall–Kier alpha value is -3.01. The highest BCUT2D eigenvalue weighted by Gasteiger charge is 2.40. The van der Waals surface area contributed by atoms with Gasteiger partial charge in [-0.15, -0.1) is 0 Å². The van der Waals surface area contributed by atoms with E-state index < -0.39 is 17.6 Å². The van der Waals surface area contributed by atoms with Gasteiger partial charge in [0.05, 0.1) is 19.3 Å². The van der Waals surface area contributed by atoms with Crippen molar-refractivity contribution < 1.29 is 23.8 Å². The second kappa shape index (κ2) is 10.9. The van der Waals surface area contributed by atoms with Gasteiger partial charge in [-0.05, 0) is 57.4 Å². The lowest BCUT2D eigenvalue weighted by Crippen LogP contribution is -2.53. The molecule has 1 amide bonds. The van der Waals surface area contributed by atoms with Gasteiger partial charge in [-0.3, -0.25) is 4.79 Å². The molecule has 1 aliphatic carbocycles. The number of nitriles is 1. The standard InChI is InChI=1S/C24H32N2O5/c1-17(2)30-20-11-9-19(15-21(20)29-5)10-12-22(27)31-18(3)23(28)26(4)24(16-25)13-7-6-8-14-24/h9-12,15,17-18H,6-8,13-14H2,1-5H3/b12-10+/t18-/m0/s1. The summed E-state index contributed by atoms with van der Waals surface area (Å²) in [5, 5.41) is 9.66. The SMILES string of the molecule is COc1cc(/C=C/C(=O)O[C@@H](C)C(=O)N(C)C2(C#N)CCCCC2)ccc1OC(C)C. The molecule has 7 nitrogen and oxygen atoms in total. The Bertz CT molecular complexity index is 850. The van der Waals surface area contributed by atoms with Crippen LogP contribution < -0.4 is 9.47 Å². The van der Waals surface area contributed by atoms with Gasteiger partial charge < -0.3 is 19.1 Å². The van der Waals surface area contributed by atoms with Gasteiger partial charge in [0.2, 0.25) is 0 Å². The topological polar surface area (TPSA) is 88.9 Å². The molecular weight excluding hydrogens is 396 g/mol. The molecule has 0 radical (unpaired) electrons. The lowest BCUT2D eigenvalue weighted by atomic mass is 9.81. The van der Waals surface area contributed by atoms with Crippen LogP contribution >= 0.6 is 0 Å². The number of amides is 1. The number of hydrogen-bond acceptors (Lipinski definition) is 6. The molecule has 0 aliphatic heterocycles. The second-order valence-electron chi connectivity index (χ2n) is 8.09. The molecule has 0 saturated heterocycles. The fourth-order valence-corrected chi connectivity index (χ4v) is 3.71. The fourth-order valence-electron chi connectivity index (χ4n) is 3.71. The third-order valence-corrected chi connectivity index (χ3v) is 5.46. The Balaban J connectivity index is 2.00. The second-order valence-corrected chi connectivity index (χ2v) is 8.09. The number of benzene rings is 1. The highest BCUT2D eigenvalue weighted by molar-refractivity contribution is 5.90. The largest absolute Gasteiger partial charge is 0.493 e. The van der Waals surface area contributed by atoms with Crippen LogP contribution in [0.5, 0.6) is 11.5 Å². The Morgan fingerprint density at radius 3 is 2.42 bits per heavy atom. The van der Waals surface area contributed by atoms with Gasteiger partial charge in [0.25, 0.3) is 5.91 Å². The Morgan fingerprint density at radius 1 is 1.16 bits per heavy atom. The predicted octanol–water partition coefficient (Wildman–Crippen LogP) is 4.11. The highest BCUT2D eigenvalue weighted by Crippen LogP contribution is 2.33. The van der Waals surface area contributed by atoms with Gasteiger partial charge in [-0.2, -0.15) is 5.26 Å². The number of nitrogens with zero attached hydrogens (tertiary/aromatic N) is 2. The summed E-state index contributed by atoms with van der Waals surface area (Å²) in [7, 11) is 3.17. The average Bonchev–Trinajstić information content (AvgIpc) is 2.77. The molecule has 0 spiro atoms. The summed E-state index contributed by atoms with van der Waals surface area (Å²) in [4.78, 5) is 26.5. The minimum Gasteiger partial charge on any atom is -0.493 e. The van der Waals surface area contributed by atoms with Crippen LogP contribution in [0.4, 0.5) is 0 Å². The van der Waals surface area contributed by atoms with Gasteiger partial charge in [-0.25, -0.2) is 4.79 Å². The molecule has 1 aromatic carbocycles. The van der Waals surface area contributed by atoms with E-state index in [1.54, 1.807) is 38.4 Å². The van der Waals surface area contributed by atoms with E-state index in [2.05, 4.69) is 6.07 Å². The van der Waals surface area contributed by atoms with E-state index in [1.165, 1.54) is 17.9 Å². The van der Waals surface area contributed by atoms with Crippen LogP contribution in [0.1, 0.15) is 58.4 Å². The van der Waals surface area contributed by atoms with Crippen LogP contribution in [0.15, 0.2) is 24.3 Å². The van der Waals surface area contributed by atoms with Crippen molar-refractivity contribution in [2.75, 3.05) is 14.2 Å². The van der Waals surface area contributed by atoms with E-state index in [1.807, 2.05) is 13.8 Å². The maximum atomic E-state index is 12.8.